The number of carbonyl (C=O) groups excluding carboxylic acids is 1. The molecule has 0 radical (unpaired) electrons. The summed E-state index contributed by atoms with van der Waals surface area (Å²) >= 11 is 0. The Labute approximate surface area is 143 Å². The van der Waals surface area contributed by atoms with Crippen molar-refractivity contribution < 1.29 is 21.6 Å². The van der Waals surface area contributed by atoms with E-state index in [4.69, 9.17) is 0 Å². The maximum Gasteiger partial charge on any atom is 0.232 e. The molecule has 0 bridgehead atoms. The van der Waals surface area contributed by atoms with Gasteiger partial charge < -0.3 is 5.32 Å². The van der Waals surface area contributed by atoms with Gasteiger partial charge in [-0.15, -0.1) is 0 Å². The van der Waals surface area contributed by atoms with Crippen LogP contribution in [0.15, 0.2) is 24.3 Å². The van der Waals surface area contributed by atoms with Crippen molar-refractivity contribution in [2.75, 3.05) is 34.7 Å². The highest BCUT2D eigenvalue weighted by atomic mass is 32.2. The first-order valence-corrected chi connectivity index (χ1v) is 10.9. The molecule has 0 unspecified atom stereocenters. The Morgan fingerprint density at radius 2 is 1.71 bits per heavy atom. The van der Waals surface area contributed by atoms with Gasteiger partial charge in [-0.05, 0) is 30.7 Å². The second-order valence-corrected chi connectivity index (χ2v) is 9.11. The minimum atomic E-state index is -3.57. The van der Waals surface area contributed by atoms with E-state index >= 15 is 0 Å². The number of nitrogens with zero attached hydrogens (tertiary/aromatic N) is 1. The number of anilines is 2. The largest absolute Gasteiger partial charge is 0.326 e. The normalized spacial score (nSPS) is 12.0. The van der Waals surface area contributed by atoms with Gasteiger partial charge in [-0.3, -0.25) is 9.10 Å². The van der Waals surface area contributed by atoms with Gasteiger partial charge in [0.1, 0.15) is 0 Å². The van der Waals surface area contributed by atoms with Gasteiger partial charge in [-0.25, -0.2) is 21.6 Å². The van der Waals surface area contributed by atoms with Crippen LogP contribution in [0.2, 0.25) is 0 Å². The fourth-order valence-electron chi connectivity index (χ4n) is 2.04. The van der Waals surface area contributed by atoms with E-state index in [1.165, 1.54) is 6.92 Å². The van der Waals surface area contributed by atoms with Gasteiger partial charge in [-0.2, -0.15) is 0 Å². The molecule has 0 heterocycles. The third kappa shape index (κ3) is 6.85. The van der Waals surface area contributed by atoms with Gasteiger partial charge >= 0.3 is 0 Å². The summed E-state index contributed by atoms with van der Waals surface area (Å²) in [5, 5.41) is 2.59. The number of hydrogen-bond donors (Lipinski definition) is 2. The zero-order valence-electron chi connectivity index (χ0n) is 13.9. The van der Waals surface area contributed by atoms with Crippen LogP contribution < -0.4 is 14.3 Å². The summed E-state index contributed by atoms with van der Waals surface area (Å²) in [7, 11) is -6.97. The standard InChI is InChI=1S/C14H23N3O5S2/c1-4-11-24(21,22)15-9-10-17(23(3,19)20)14-7-5-13(6-8-14)16-12(2)18/h5-8,15H,4,9-11H2,1-3H3,(H,16,18). The Morgan fingerprint density at radius 1 is 1.12 bits per heavy atom. The molecule has 8 nitrogen and oxygen atoms in total. The summed E-state index contributed by atoms with van der Waals surface area (Å²) in [5.74, 6) is -0.231. The molecule has 0 fully saturated rings. The SMILES string of the molecule is CCCS(=O)(=O)NCCN(c1ccc(NC(C)=O)cc1)S(C)(=O)=O. The number of nitrogens with one attached hydrogen (secondary N) is 2. The molecule has 136 valence electrons. The van der Waals surface area contributed by atoms with Crippen LogP contribution in [0.4, 0.5) is 11.4 Å². The van der Waals surface area contributed by atoms with E-state index < -0.39 is 20.0 Å². The quantitative estimate of drug-likeness (QED) is 0.659. The maximum absolute atomic E-state index is 12.0. The third-order valence-electron chi connectivity index (χ3n) is 2.99. The molecule has 1 rings (SSSR count). The lowest BCUT2D eigenvalue weighted by atomic mass is 10.2. The smallest absolute Gasteiger partial charge is 0.232 e. The number of benzene rings is 1. The first kappa shape index (κ1) is 20.4. The second kappa shape index (κ2) is 8.45. The minimum Gasteiger partial charge on any atom is -0.326 e. The molecule has 0 aromatic heterocycles. The van der Waals surface area contributed by atoms with Crippen LogP contribution in [0, 0.1) is 0 Å². The van der Waals surface area contributed by atoms with Crippen LogP contribution in [-0.4, -0.2) is 47.8 Å². The number of sulfonamides is 2. The van der Waals surface area contributed by atoms with Gasteiger partial charge in [-0.1, -0.05) is 6.92 Å². The van der Waals surface area contributed by atoms with Crippen molar-refractivity contribution in [1.82, 2.24) is 4.72 Å². The van der Waals surface area contributed by atoms with Crippen molar-refractivity contribution in [2.45, 2.75) is 20.3 Å². The van der Waals surface area contributed by atoms with Gasteiger partial charge in [0.15, 0.2) is 0 Å². The molecule has 0 aliphatic carbocycles. The molecular formula is C14H23N3O5S2. The molecule has 1 aromatic carbocycles. The number of hydrogen-bond acceptors (Lipinski definition) is 5. The van der Waals surface area contributed by atoms with Crippen molar-refractivity contribution >= 4 is 37.3 Å². The average Bonchev–Trinajstić information content (AvgIpc) is 2.43. The number of amides is 1. The van der Waals surface area contributed by atoms with E-state index in [-0.39, 0.29) is 24.7 Å². The predicted octanol–water partition coefficient (Wildman–Crippen LogP) is 0.740. The Balaban J connectivity index is 2.85. The first-order chi connectivity index (χ1) is 11.0. The molecule has 1 amide bonds. The fourth-order valence-corrected chi connectivity index (χ4v) is 4.06. The maximum atomic E-state index is 12.0. The lowest BCUT2D eigenvalue weighted by Crippen LogP contribution is -2.38. The van der Waals surface area contributed by atoms with Crippen LogP contribution in [0.1, 0.15) is 20.3 Å². The molecule has 0 aliphatic rings. The van der Waals surface area contributed by atoms with Crippen molar-refractivity contribution in [3.8, 4) is 0 Å². The zero-order chi connectivity index (χ0) is 18.4. The summed E-state index contributed by atoms with van der Waals surface area (Å²) < 4.78 is 50.7. The molecule has 1 aromatic rings. The predicted molar refractivity (Wildman–Crippen MR) is 95.0 cm³/mol. The van der Waals surface area contributed by atoms with Gasteiger partial charge in [0.2, 0.25) is 26.0 Å². The van der Waals surface area contributed by atoms with Crippen LogP contribution in [0.25, 0.3) is 0 Å². The van der Waals surface area contributed by atoms with Crippen molar-refractivity contribution in [3.63, 3.8) is 0 Å². The van der Waals surface area contributed by atoms with Crippen LogP contribution in [0.5, 0.6) is 0 Å². The van der Waals surface area contributed by atoms with E-state index in [0.29, 0.717) is 17.8 Å². The zero-order valence-corrected chi connectivity index (χ0v) is 15.6. The second-order valence-electron chi connectivity index (χ2n) is 5.28. The molecular weight excluding hydrogens is 354 g/mol. The van der Waals surface area contributed by atoms with E-state index in [0.717, 1.165) is 10.6 Å². The fraction of sp³-hybridized carbons (Fsp3) is 0.500. The highest BCUT2D eigenvalue weighted by molar-refractivity contribution is 7.92. The van der Waals surface area contributed by atoms with Crippen molar-refractivity contribution in [3.05, 3.63) is 24.3 Å². The third-order valence-corrected chi connectivity index (χ3v) is 5.77. The van der Waals surface area contributed by atoms with E-state index in [1.807, 2.05) is 0 Å². The first-order valence-electron chi connectivity index (χ1n) is 7.38. The molecule has 24 heavy (non-hydrogen) atoms. The van der Waals surface area contributed by atoms with Gasteiger partial charge in [0.25, 0.3) is 0 Å². The molecule has 0 saturated heterocycles. The number of rotatable bonds is 9. The summed E-state index contributed by atoms with van der Waals surface area (Å²) in [4.78, 5) is 11.0. The molecule has 0 atom stereocenters. The van der Waals surface area contributed by atoms with E-state index in [1.54, 1.807) is 31.2 Å². The van der Waals surface area contributed by atoms with E-state index in [2.05, 4.69) is 10.0 Å². The Morgan fingerprint density at radius 3 is 2.17 bits per heavy atom. The van der Waals surface area contributed by atoms with Crippen LogP contribution >= 0.6 is 0 Å². The minimum absolute atomic E-state index is 0.00269. The lowest BCUT2D eigenvalue weighted by molar-refractivity contribution is -0.114. The Kier molecular flexibility index (Phi) is 7.18. The lowest BCUT2D eigenvalue weighted by Gasteiger charge is -2.22. The molecule has 0 saturated carbocycles. The van der Waals surface area contributed by atoms with Gasteiger partial charge in [0, 0.05) is 25.7 Å². The van der Waals surface area contributed by atoms with Gasteiger partial charge in [0.05, 0.1) is 17.7 Å². The Bertz CT molecular complexity index is 758. The van der Waals surface area contributed by atoms with E-state index in [9.17, 15) is 21.6 Å². The van der Waals surface area contributed by atoms with Crippen molar-refractivity contribution in [2.24, 2.45) is 0 Å². The average molecular weight is 377 g/mol. The van der Waals surface area contributed by atoms with Crippen molar-refractivity contribution in [1.29, 1.82) is 0 Å². The number of carbonyl (C=O) groups is 1. The molecule has 2 N–H and O–H groups in total. The summed E-state index contributed by atoms with van der Waals surface area (Å²) in [6, 6.07) is 6.26. The topological polar surface area (TPSA) is 113 Å². The summed E-state index contributed by atoms with van der Waals surface area (Å²) in [5.41, 5.74) is 0.935. The summed E-state index contributed by atoms with van der Waals surface area (Å²) in [6.45, 7) is 3.07. The Hall–Kier alpha value is -1.65. The highest BCUT2D eigenvalue weighted by Crippen LogP contribution is 2.20. The molecule has 10 heteroatoms. The molecule has 0 spiro atoms. The monoisotopic (exact) mass is 377 g/mol. The molecule has 0 aliphatic heterocycles. The highest BCUT2D eigenvalue weighted by Gasteiger charge is 2.18. The van der Waals surface area contributed by atoms with Crippen LogP contribution in [-0.2, 0) is 24.8 Å². The van der Waals surface area contributed by atoms with Crippen LogP contribution in [0.3, 0.4) is 0 Å². The summed E-state index contributed by atoms with van der Waals surface area (Å²) in [6.07, 6.45) is 1.53.